The van der Waals surface area contributed by atoms with Crippen LogP contribution in [0.4, 0.5) is 4.79 Å². The minimum Gasteiger partial charge on any atom is -0.465 e. The molecular weight excluding hydrogens is 168 g/mol. The number of amides is 1. The molecule has 2 saturated heterocycles. The van der Waals surface area contributed by atoms with E-state index in [1.165, 1.54) is 17.7 Å². The molecule has 0 aromatic heterocycles. The van der Waals surface area contributed by atoms with Gasteiger partial charge in [0.2, 0.25) is 0 Å². The fraction of sp³-hybridized carbons (Fsp3) is 0.889. The van der Waals surface area contributed by atoms with E-state index >= 15 is 0 Å². The maximum absolute atomic E-state index is 10.5. The van der Waals surface area contributed by atoms with Crippen LogP contribution in [0.1, 0.15) is 12.8 Å². The van der Waals surface area contributed by atoms with Crippen molar-refractivity contribution >= 4 is 6.09 Å². The zero-order valence-electron chi connectivity index (χ0n) is 7.70. The molecule has 0 spiro atoms. The summed E-state index contributed by atoms with van der Waals surface area (Å²) < 4.78 is 0. The van der Waals surface area contributed by atoms with Gasteiger partial charge in [-0.2, -0.15) is 0 Å². The maximum atomic E-state index is 10.5. The SMILES string of the molecule is O=C(O)N1CC(C2CCNCC2)C1. The number of nitrogens with zero attached hydrogens (tertiary/aromatic N) is 1. The van der Waals surface area contributed by atoms with Crippen LogP contribution in [0.25, 0.3) is 0 Å². The molecule has 0 bridgehead atoms. The number of piperidine rings is 1. The number of carbonyl (C=O) groups is 1. The Balaban J connectivity index is 1.75. The van der Waals surface area contributed by atoms with Crippen LogP contribution in [0.5, 0.6) is 0 Å². The second-order valence-electron chi connectivity index (χ2n) is 4.04. The van der Waals surface area contributed by atoms with Gasteiger partial charge in [-0.3, -0.25) is 0 Å². The molecule has 2 rings (SSSR count). The number of nitrogens with one attached hydrogen (secondary N) is 1. The van der Waals surface area contributed by atoms with Gasteiger partial charge in [0.25, 0.3) is 0 Å². The van der Waals surface area contributed by atoms with E-state index in [9.17, 15) is 4.79 Å². The molecule has 2 aliphatic rings. The molecular formula is C9H16N2O2. The lowest BCUT2D eigenvalue weighted by Gasteiger charge is -2.43. The summed E-state index contributed by atoms with van der Waals surface area (Å²) in [6, 6.07) is 0. The average Bonchev–Trinajstić information content (AvgIpc) is 2.02. The van der Waals surface area contributed by atoms with Crippen LogP contribution in [-0.2, 0) is 0 Å². The highest BCUT2D eigenvalue weighted by molar-refractivity contribution is 5.66. The number of carboxylic acid groups (broad SMARTS) is 1. The van der Waals surface area contributed by atoms with E-state index in [0.29, 0.717) is 5.92 Å². The molecule has 0 saturated carbocycles. The molecule has 74 valence electrons. The fourth-order valence-corrected chi connectivity index (χ4v) is 2.28. The molecule has 2 aliphatic heterocycles. The third-order valence-electron chi connectivity index (χ3n) is 3.23. The third kappa shape index (κ3) is 1.77. The van der Waals surface area contributed by atoms with E-state index in [2.05, 4.69) is 5.32 Å². The first-order valence-electron chi connectivity index (χ1n) is 4.96. The van der Waals surface area contributed by atoms with E-state index in [-0.39, 0.29) is 0 Å². The highest BCUT2D eigenvalue weighted by Crippen LogP contribution is 2.29. The van der Waals surface area contributed by atoms with Gasteiger partial charge in [-0.25, -0.2) is 4.79 Å². The molecule has 0 aromatic carbocycles. The summed E-state index contributed by atoms with van der Waals surface area (Å²) in [7, 11) is 0. The van der Waals surface area contributed by atoms with Crippen molar-refractivity contribution in [3.05, 3.63) is 0 Å². The zero-order valence-corrected chi connectivity index (χ0v) is 7.70. The molecule has 0 radical (unpaired) electrons. The van der Waals surface area contributed by atoms with E-state index in [1.54, 1.807) is 0 Å². The van der Waals surface area contributed by atoms with Crippen molar-refractivity contribution in [1.82, 2.24) is 10.2 Å². The molecule has 0 atom stereocenters. The Hall–Kier alpha value is -0.770. The molecule has 2 N–H and O–H groups in total. The largest absolute Gasteiger partial charge is 0.465 e. The highest BCUT2D eigenvalue weighted by atomic mass is 16.4. The molecule has 0 unspecified atom stereocenters. The van der Waals surface area contributed by atoms with Gasteiger partial charge in [-0.15, -0.1) is 0 Å². The molecule has 4 nitrogen and oxygen atoms in total. The summed E-state index contributed by atoms with van der Waals surface area (Å²) in [4.78, 5) is 12.0. The molecule has 0 aromatic rings. The first-order valence-corrected chi connectivity index (χ1v) is 4.96. The zero-order chi connectivity index (χ0) is 9.26. The van der Waals surface area contributed by atoms with Crippen LogP contribution in [-0.4, -0.2) is 42.3 Å². The lowest BCUT2D eigenvalue weighted by Crippen LogP contribution is -2.53. The summed E-state index contributed by atoms with van der Waals surface area (Å²) in [6.45, 7) is 3.74. The number of likely N-dealkylation sites (tertiary alicyclic amines) is 1. The minimum absolute atomic E-state index is 0.637. The van der Waals surface area contributed by atoms with Crippen LogP contribution in [0, 0.1) is 11.8 Å². The quantitative estimate of drug-likeness (QED) is 0.627. The summed E-state index contributed by atoms with van der Waals surface area (Å²) in [5.41, 5.74) is 0. The standard InChI is InChI=1S/C9H16N2O2/c12-9(13)11-5-8(6-11)7-1-3-10-4-2-7/h7-8,10H,1-6H2,(H,12,13). The van der Waals surface area contributed by atoms with Crippen molar-refractivity contribution in [3.8, 4) is 0 Å². The van der Waals surface area contributed by atoms with E-state index in [0.717, 1.165) is 32.1 Å². The van der Waals surface area contributed by atoms with Gasteiger partial charge >= 0.3 is 6.09 Å². The van der Waals surface area contributed by atoms with Gasteiger partial charge in [0.1, 0.15) is 0 Å². The normalized spacial score (nSPS) is 25.7. The smallest absolute Gasteiger partial charge is 0.407 e. The molecule has 13 heavy (non-hydrogen) atoms. The van der Waals surface area contributed by atoms with Crippen LogP contribution in [0.3, 0.4) is 0 Å². The topological polar surface area (TPSA) is 52.6 Å². The van der Waals surface area contributed by atoms with Gasteiger partial charge in [0.05, 0.1) is 0 Å². The number of rotatable bonds is 1. The molecule has 2 fully saturated rings. The van der Waals surface area contributed by atoms with Gasteiger partial charge in [0.15, 0.2) is 0 Å². The van der Waals surface area contributed by atoms with Crippen molar-refractivity contribution in [2.45, 2.75) is 12.8 Å². The lowest BCUT2D eigenvalue weighted by molar-refractivity contribution is 0.0461. The molecule has 1 amide bonds. The van der Waals surface area contributed by atoms with Crippen molar-refractivity contribution in [3.63, 3.8) is 0 Å². The Morgan fingerprint density at radius 1 is 1.23 bits per heavy atom. The van der Waals surface area contributed by atoms with Gasteiger partial charge in [-0.05, 0) is 37.8 Å². The van der Waals surface area contributed by atoms with Gasteiger partial charge in [-0.1, -0.05) is 0 Å². The fourth-order valence-electron chi connectivity index (χ4n) is 2.28. The average molecular weight is 184 g/mol. The monoisotopic (exact) mass is 184 g/mol. The molecule has 4 heteroatoms. The first kappa shape index (κ1) is 8.81. The van der Waals surface area contributed by atoms with E-state index < -0.39 is 6.09 Å². The van der Waals surface area contributed by atoms with E-state index in [4.69, 9.17) is 5.11 Å². The summed E-state index contributed by atoms with van der Waals surface area (Å²) >= 11 is 0. The first-order chi connectivity index (χ1) is 6.27. The lowest BCUT2D eigenvalue weighted by atomic mass is 9.80. The Bertz CT molecular complexity index is 196. The third-order valence-corrected chi connectivity index (χ3v) is 3.23. The van der Waals surface area contributed by atoms with Gasteiger partial charge < -0.3 is 15.3 Å². The highest BCUT2D eigenvalue weighted by Gasteiger charge is 2.36. The molecule has 0 aliphatic carbocycles. The van der Waals surface area contributed by atoms with Crippen molar-refractivity contribution in [1.29, 1.82) is 0 Å². The predicted octanol–water partition coefficient (Wildman–Crippen LogP) is 0.596. The van der Waals surface area contributed by atoms with Crippen molar-refractivity contribution in [2.24, 2.45) is 11.8 Å². The second-order valence-corrected chi connectivity index (χ2v) is 4.04. The Labute approximate surface area is 77.9 Å². The number of hydrogen-bond acceptors (Lipinski definition) is 2. The Kier molecular flexibility index (Phi) is 2.40. The Morgan fingerprint density at radius 2 is 1.85 bits per heavy atom. The second kappa shape index (κ2) is 3.54. The van der Waals surface area contributed by atoms with E-state index in [1.807, 2.05) is 0 Å². The molecule has 2 heterocycles. The van der Waals surface area contributed by atoms with Crippen molar-refractivity contribution in [2.75, 3.05) is 26.2 Å². The summed E-state index contributed by atoms with van der Waals surface area (Å²) in [5.74, 6) is 1.40. The van der Waals surface area contributed by atoms with Crippen LogP contribution in [0.15, 0.2) is 0 Å². The van der Waals surface area contributed by atoms with Crippen LogP contribution < -0.4 is 5.32 Å². The van der Waals surface area contributed by atoms with Crippen molar-refractivity contribution < 1.29 is 9.90 Å². The Morgan fingerprint density at radius 3 is 2.38 bits per heavy atom. The predicted molar refractivity (Wildman–Crippen MR) is 48.7 cm³/mol. The van der Waals surface area contributed by atoms with Crippen LogP contribution in [0.2, 0.25) is 0 Å². The summed E-state index contributed by atoms with van der Waals surface area (Å²) in [6.07, 6.45) is 1.68. The summed E-state index contributed by atoms with van der Waals surface area (Å²) in [5, 5.41) is 12.0. The van der Waals surface area contributed by atoms with Gasteiger partial charge in [0, 0.05) is 13.1 Å². The number of hydrogen-bond donors (Lipinski definition) is 2. The maximum Gasteiger partial charge on any atom is 0.407 e. The minimum atomic E-state index is -0.759. The van der Waals surface area contributed by atoms with Crippen LogP contribution >= 0.6 is 0 Å².